The molecule has 100 valence electrons. The monoisotopic (exact) mass is 387 g/mol. The molecule has 18 heavy (non-hydrogen) atoms. The number of carbonyl (C=O) groups excluding carboxylic acids is 1. The minimum Gasteiger partial charge on any atom is -0.349 e. The first-order valence-corrected chi connectivity index (χ1v) is 6.60. The first-order valence-electron chi connectivity index (χ1n) is 5.01. The van der Waals surface area contributed by atoms with Crippen LogP contribution in [-0.2, 0) is 0 Å². The average molecular weight is 389 g/mol. The number of hydrogen-bond donors (Lipinski definition) is 1. The van der Waals surface area contributed by atoms with Gasteiger partial charge in [-0.25, -0.2) is 0 Å². The van der Waals surface area contributed by atoms with Crippen LogP contribution in [0.4, 0.5) is 13.2 Å². The Balaban J connectivity index is 2.71. The second kappa shape index (κ2) is 6.06. The Morgan fingerprint density at radius 2 is 2.00 bits per heavy atom. The van der Waals surface area contributed by atoms with E-state index < -0.39 is 24.5 Å². The van der Waals surface area contributed by atoms with Gasteiger partial charge in [0.15, 0.2) is 0 Å². The lowest BCUT2D eigenvalue weighted by molar-refractivity contribution is -0.138. The van der Waals surface area contributed by atoms with Gasteiger partial charge in [0, 0.05) is 15.0 Å². The van der Waals surface area contributed by atoms with Crippen LogP contribution >= 0.6 is 31.9 Å². The molecule has 0 radical (unpaired) electrons. The highest BCUT2D eigenvalue weighted by Gasteiger charge is 2.30. The van der Waals surface area contributed by atoms with Crippen molar-refractivity contribution in [3.63, 3.8) is 0 Å². The van der Waals surface area contributed by atoms with E-state index in [0.29, 0.717) is 10.0 Å². The van der Waals surface area contributed by atoms with Gasteiger partial charge in [-0.1, -0.05) is 15.9 Å². The van der Waals surface area contributed by atoms with Crippen molar-refractivity contribution in [2.45, 2.75) is 25.6 Å². The first kappa shape index (κ1) is 15.5. The maximum absolute atomic E-state index is 12.1. The molecule has 1 aromatic carbocycles. The van der Waals surface area contributed by atoms with Gasteiger partial charge in [0.25, 0.3) is 5.91 Å². The molecule has 0 aliphatic carbocycles. The molecule has 1 atom stereocenters. The SMILES string of the molecule is CC(CC(F)(F)F)NC(=O)c1ccc(Br)cc1Br. The van der Waals surface area contributed by atoms with Gasteiger partial charge in [0.2, 0.25) is 0 Å². The Labute approximate surface area is 119 Å². The zero-order valence-corrected chi connectivity index (χ0v) is 12.5. The molecule has 0 saturated carbocycles. The Hall–Kier alpha value is -0.560. The molecule has 1 rings (SSSR count). The number of halogens is 5. The summed E-state index contributed by atoms with van der Waals surface area (Å²) in [4.78, 5) is 11.7. The number of rotatable bonds is 3. The van der Waals surface area contributed by atoms with Crippen LogP contribution in [-0.4, -0.2) is 18.1 Å². The van der Waals surface area contributed by atoms with E-state index in [4.69, 9.17) is 0 Å². The van der Waals surface area contributed by atoms with E-state index >= 15 is 0 Å². The molecule has 1 amide bonds. The standard InChI is InChI=1S/C11H10Br2F3NO/c1-6(5-11(14,15)16)17-10(18)8-3-2-7(12)4-9(8)13/h2-4,6H,5H2,1H3,(H,17,18). The Morgan fingerprint density at radius 1 is 1.39 bits per heavy atom. The van der Waals surface area contributed by atoms with Crippen LogP contribution in [0.5, 0.6) is 0 Å². The van der Waals surface area contributed by atoms with Crippen LogP contribution in [0.15, 0.2) is 27.1 Å². The van der Waals surface area contributed by atoms with Crippen molar-refractivity contribution >= 4 is 37.8 Å². The number of carbonyl (C=O) groups is 1. The van der Waals surface area contributed by atoms with Crippen LogP contribution in [0.25, 0.3) is 0 Å². The van der Waals surface area contributed by atoms with Crippen molar-refractivity contribution in [1.82, 2.24) is 5.32 Å². The van der Waals surface area contributed by atoms with E-state index in [0.717, 1.165) is 4.47 Å². The highest BCUT2D eigenvalue weighted by Crippen LogP contribution is 2.24. The molecule has 7 heteroatoms. The number of alkyl halides is 3. The minimum absolute atomic E-state index is 0.298. The predicted octanol–water partition coefficient (Wildman–Crippen LogP) is 4.28. The Bertz CT molecular complexity index is 448. The van der Waals surface area contributed by atoms with Crippen LogP contribution in [0.2, 0.25) is 0 Å². The molecule has 0 bridgehead atoms. The number of benzene rings is 1. The topological polar surface area (TPSA) is 29.1 Å². The number of amides is 1. The summed E-state index contributed by atoms with van der Waals surface area (Å²) < 4.78 is 37.7. The van der Waals surface area contributed by atoms with Gasteiger partial charge in [-0.15, -0.1) is 0 Å². The Kier molecular flexibility index (Phi) is 5.21. The van der Waals surface area contributed by atoms with Crippen molar-refractivity contribution < 1.29 is 18.0 Å². The molecular formula is C11H10Br2F3NO. The summed E-state index contributed by atoms with van der Waals surface area (Å²) in [5, 5.41) is 2.31. The summed E-state index contributed by atoms with van der Waals surface area (Å²) in [6.45, 7) is 1.32. The van der Waals surface area contributed by atoms with Crippen molar-refractivity contribution in [3.05, 3.63) is 32.7 Å². The smallest absolute Gasteiger partial charge is 0.349 e. The normalized spacial score (nSPS) is 13.2. The third-order valence-electron chi connectivity index (χ3n) is 2.09. The summed E-state index contributed by atoms with van der Waals surface area (Å²) >= 11 is 6.41. The molecular weight excluding hydrogens is 379 g/mol. The molecule has 0 aromatic heterocycles. The highest BCUT2D eigenvalue weighted by atomic mass is 79.9. The summed E-state index contributed by atoms with van der Waals surface area (Å²) in [5.74, 6) is -0.536. The lowest BCUT2D eigenvalue weighted by Crippen LogP contribution is -2.36. The van der Waals surface area contributed by atoms with Crippen molar-refractivity contribution in [2.75, 3.05) is 0 Å². The third-order valence-corrected chi connectivity index (χ3v) is 3.24. The summed E-state index contributed by atoms with van der Waals surface area (Å²) in [6, 6.07) is 3.87. The zero-order chi connectivity index (χ0) is 13.9. The predicted molar refractivity (Wildman–Crippen MR) is 69.4 cm³/mol. The van der Waals surface area contributed by atoms with Gasteiger partial charge >= 0.3 is 6.18 Å². The molecule has 0 heterocycles. The van der Waals surface area contributed by atoms with Gasteiger partial charge in [0.1, 0.15) is 0 Å². The van der Waals surface area contributed by atoms with Gasteiger partial charge in [-0.05, 0) is 41.1 Å². The fraction of sp³-hybridized carbons (Fsp3) is 0.364. The van der Waals surface area contributed by atoms with E-state index in [9.17, 15) is 18.0 Å². The van der Waals surface area contributed by atoms with E-state index in [-0.39, 0.29) is 0 Å². The fourth-order valence-corrected chi connectivity index (χ4v) is 2.60. The third kappa shape index (κ3) is 4.97. The quantitative estimate of drug-likeness (QED) is 0.822. The second-order valence-corrected chi connectivity index (χ2v) is 5.59. The van der Waals surface area contributed by atoms with E-state index in [1.54, 1.807) is 12.1 Å². The fourth-order valence-electron chi connectivity index (χ4n) is 1.37. The maximum atomic E-state index is 12.1. The Morgan fingerprint density at radius 3 is 2.50 bits per heavy atom. The van der Waals surface area contributed by atoms with Gasteiger partial charge < -0.3 is 5.32 Å². The molecule has 0 saturated heterocycles. The molecule has 0 fully saturated rings. The molecule has 0 aliphatic heterocycles. The van der Waals surface area contributed by atoms with E-state index in [2.05, 4.69) is 37.2 Å². The summed E-state index contributed by atoms with van der Waals surface area (Å²) in [5.41, 5.74) is 0.298. The summed E-state index contributed by atoms with van der Waals surface area (Å²) in [6.07, 6.45) is -5.34. The van der Waals surface area contributed by atoms with Crippen molar-refractivity contribution in [3.8, 4) is 0 Å². The molecule has 1 N–H and O–H groups in total. The lowest BCUT2D eigenvalue weighted by Gasteiger charge is -2.16. The van der Waals surface area contributed by atoms with Crippen LogP contribution in [0, 0.1) is 0 Å². The van der Waals surface area contributed by atoms with Crippen LogP contribution < -0.4 is 5.32 Å². The minimum atomic E-state index is -4.29. The van der Waals surface area contributed by atoms with Gasteiger partial charge in [0.05, 0.1) is 12.0 Å². The summed E-state index contributed by atoms with van der Waals surface area (Å²) in [7, 11) is 0. The van der Waals surface area contributed by atoms with E-state index in [1.807, 2.05) is 0 Å². The van der Waals surface area contributed by atoms with E-state index in [1.165, 1.54) is 13.0 Å². The molecule has 1 aromatic rings. The second-order valence-electron chi connectivity index (χ2n) is 3.82. The lowest BCUT2D eigenvalue weighted by atomic mass is 10.2. The van der Waals surface area contributed by atoms with Crippen molar-refractivity contribution in [1.29, 1.82) is 0 Å². The van der Waals surface area contributed by atoms with Crippen LogP contribution in [0.1, 0.15) is 23.7 Å². The zero-order valence-electron chi connectivity index (χ0n) is 9.31. The maximum Gasteiger partial charge on any atom is 0.391 e. The van der Waals surface area contributed by atoms with Crippen molar-refractivity contribution in [2.24, 2.45) is 0 Å². The van der Waals surface area contributed by atoms with Gasteiger partial charge in [-0.2, -0.15) is 13.2 Å². The highest BCUT2D eigenvalue weighted by molar-refractivity contribution is 9.11. The molecule has 0 aliphatic rings. The number of hydrogen-bond acceptors (Lipinski definition) is 1. The molecule has 2 nitrogen and oxygen atoms in total. The first-order chi connectivity index (χ1) is 8.19. The van der Waals surface area contributed by atoms with Gasteiger partial charge in [-0.3, -0.25) is 4.79 Å². The average Bonchev–Trinajstić information content (AvgIpc) is 2.13. The number of nitrogens with one attached hydrogen (secondary N) is 1. The van der Waals surface area contributed by atoms with Crippen LogP contribution in [0.3, 0.4) is 0 Å². The largest absolute Gasteiger partial charge is 0.391 e. The molecule has 1 unspecified atom stereocenters. The molecule has 0 spiro atoms.